The minimum Gasteiger partial charge on any atom is -0.456 e. The van der Waals surface area contributed by atoms with Crippen LogP contribution >= 0.6 is 0 Å². The Balaban J connectivity index is 1.44. The molecule has 0 aliphatic carbocycles. The van der Waals surface area contributed by atoms with Crippen LogP contribution in [0, 0.1) is 17.9 Å². The molecule has 5 nitrogen and oxygen atoms in total. The van der Waals surface area contributed by atoms with Gasteiger partial charge < -0.3 is 8.98 Å². The van der Waals surface area contributed by atoms with E-state index in [2.05, 4.69) is 69.0 Å². The summed E-state index contributed by atoms with van der Waals surface area (Å²) in [6, 6.07) is 40.5. The van der Waals surface area contributed by atoms with Gasteiger partial charge in [-0.2, -0.15) is 5.26 Å². The number of rotatable bonds is 3. The lowest BCUT2D eigenvalue weighted by molar-refractivity contribution is 0.669. The normalized spacial score (nSPS) is 11.3. The molecule has 0 atom stereocenters. The third-order valence-corrected chi connectivity index (χ3v) is 7.92. The fourth-order valence-electron chi connectivity index (χ4n) is 6.03. The van der Waals surface area contributed by atoms with Crippen LogP contribution in [0.25, 0.3) is 76.7 Å². The number of hydrogen-bond donors (Lipinski definition) is 0. The highest BCUT2D eigenvalue weighted by Crippen LogP contribution is 2.40. The summed E-state index contributed by atoms with van der Waals surface area (Å²) in [5, 5.41) is 14.1. The maximum Gasteiger partial charge on any atom is 0.196 e. The molecule has 0 fully saturated rings. The molecule has 3 heterocycles. The molecule has 0 saturated heterocycles. The van der Waals surface area contributed by atoms with E-state index in [-0.39, 0.29) is 0 Å². The average molecular weight is 537 g/mol. The molecule has 8 aromatic rings. The van der Waals surface area contributed by atoms with Gasteiger partial charge in [-0.05, 0) is 72.3 Å². The van der Waals surface area contributed by atoms with Crippen molar-refractivity contribution in [2.75, 3.05) is 0 Å². The lowest BCUT2D eigenvalue weighted by atomic mass is 9.96. The Morgan fingerprint density at radius 2 is 1.45 bits per heavy atom. The molecule has 3 aromatic heterocycles. The molecule has 0 aliphatic heterocycles. The number of benzene rings is 5. The molecule has 194 valence electrons. The summed E-state index contributed by atoms with van der Waals surface area (Å²) >= 11 is 0. The van der Waals surface area contributed by atoms with Gasteiger partial charge in [-0.3, -0.25) is 4.98 Å². The van der Waals surface area contributed by atoms with Crippen molar-refractivity contribution in [2.24, 2.45) is 0 Å². The van der Waals surface area contributed by atoms with Crippen molar-refractivity contribution in [3.63, 3.8) is 0 Å². The van der Waals surface area contributed by atoms with E-state index in [9.17, 15) is 5.26 Å². The number of para-hydroxylation sites is 1. The Kier molecular flexibility index (Phi) is 5.19. The van der Waals surface area contributed by atoms with Gasteiger partial charge in [0.15, 0.2) is 5.69 Å². The molecule has 5 aromatic carbocycles. The fourth-order valence-corrected chi connectivity index (χ4v) is 6.03. The molecular formula is C37H20N4O. The highest BCUT2D eigenvalue weighted by Gasteiger charge is 2.18. The van der Waals surface area contributed by atoms with Crippen molar-refractivity contribution in [3.8, 4) is 34.1 Å². The summed E-state index contributed by atoms with van der Waals surface area (Å²) in [6.07, 6.45) is 1.80. The molecule has 0 aliphatic rings. The summed E-state index contributed by atoms with van der Waals surface area (Å²) in [5.41, 5.74) is 9.16. The van der Waals surface area contributed by atoms with Gasteiger partial charge >= 0.3 is 0 Å². The number of aromatic nitrogens is 2. The van der Waals surface area contributed by atoms with E-state index in [1.54, 1.807) is 24.4 Å². The van der Waals surface area contributed by atoms with Crippen LogP contribution in [0.15, 0.2) is 126 Å². The zero-order valence-corrected chi connectivity index (χ0v) is 22.2. The van der Waals surface area contributed by atoms with Crippen LogP contribution in [0.3, 0.4) is 0 Å². The van der Waals surface area contributed by atoms with Crippen LogP contribution in [0.1, 0.15) is 5.56 Å². The summed E-state index contributed by atoms with van der Waals surface area (Å²) in [6.45, 7) is 7.75. The second-order valence-corrected chi connectivity index (χ2v) is 10.2. The second-order valence-electron chi connectivity index (χ2n) is 10.2. The quantitative estimate of drug-likeness (QED) is 0.211. The van der Waals surface area contributed by atoms with Crippen LogP contribution in [0.5, 0.6) is 0 Å². The summed E-state index contributed by atoms with van der Waals surface area (Å²) in [7, 11) is 0. The minimum absolute atomic E-state index is 0.462. The lowest BCUT2D eigenvalue weighted by Crippen LogP contribution is -1.94. The van der Waals surface area contributed by atoms with E-state index >= 15 is 0 Å². The van der Waals surface area contributed by atoms with Gasteiger partial charge in [-0.25, -0.2) is 4.85 Å². The Hall–Kier alpha value is -6.17. The average Bonchev–Trinajstić information content (AvgIpc) is 3.59. The molecular weight excluding hydrogens is 516 g/mol. The Morgan fingerprint density at radius 3 is 2.24 bits per heavy atom. The van der Waals surface area contributed by atoms with E-state index in [1.165, 1.54) is 0 Å². The monoisotopic (exact) mass is 536 g/mol. The number of furan rings is 1. The van der Waals surface area contributed by atoms with Crippen LogP contribution < -0.4 is 0 Å². The van der Waals surface area contributed by atoms with Gasteiger partial charge in [0.05, 0.1) is 29.4 Å². The molecule has 0 unspecified atom stereocenters. The third-order valence-electron chi connectivity index (χ3n) is 7.92. The second kappa shape index (κ2) is 9.20. The van der Waals surface area contributed by atoms with Crippen molar-refractivity contribution < 1.29 is 4.42 Å². The number of nitrogens with zero attached hydrogens (tertiary/aromatic N) is 4. The van der Waals surface area contributed by atoms with Crippen molar-refractivity contribution in [1.82, 2.24) is 9.55 Å². The van der Waals surface area contributed by atoms with E-state index in [0.29, 0.717) is 16.8 Å². The molecule has 0 spiro atoms. The van der Waals surface area contributed by atoms with Gasteiger partial charge in [-0.15, -0.1) is 0 Å². The standard InChI is InChI=1S/C37H20N4O/c1-39-32-10-6-7-25(22-38)37(32)24-13-16-34-29(20-24)28-19-23(31-9-4-5-18-40-31)12-15-33(28)41(34)26-14-17-36-30(21-26)27-8-2-3-11-35(27)42-36/h2-21H. The number of nitriles is 1. The highest BCUT2D eigenvalue weighted by atomic mass is 16.3. The van der Waals surface area contributed by atoms with Crippen LogP contribution in [-0.4, -0.2) is 9.55 Å². The SMILES string of the molecule is [C-]#[N+]c1cccc(C#N)c1-c1ccc2c(c1)c1cc(-c3ccccn3)ccc1n2-c1ccc2oc3ccccc3c2c1. The molecule has 8 rings (SSSR count). The van der Waals surface area contributed by atoms with Gasteiger partial charge in [-0.1, -0.05) is 48.5 Å². The topological polar surface area (TPSA) is 59.1 Å². The van der Waals surface area contributed by atoms with E-state index in [1.807, 2.05) is 48.5 Å². The Bertz CT molecular complexity index is 2400. The van der Waals surface area contributed by atoms with Crippen molar-refractivity contribution in [3.05, 3.63) is 138 Å². The van der Waals surface area contributed by atoms with Crippen LogP contribution in [0.4, 0.5) is 5.69 Å². The highest BCUT2D eigenvalue weighted by molar-refractivity contribution is 6.13. The summed E-state index contributed by atoms with van der Waals surface area (Å²) in [5.74, 6) is 0. The van der Waals surface area contributed by atoms with Crippen LogP contribution in [-0.2, 0) is 0 Å². The molecule has 5 heteroatoms. The van der Waals surface area contributed by atoms with Gasteiger partial charge in [0.2, 0.25) is 0 Å². The number of hydrogen-bond acceptors (Lipinski definition) is 3. The van der Waals surface area contributed by atoms with Gasteiger partial charge in [0.25, 0.3) is 0 Å². The first-order chi connectivity index (χ1) is 20.7. The number of pyridine rings is 1. The Labute approximate surface area is 240 Å². The summed E-state index contributed by atoms with van der Waals surface area (Å²) < 4.78 is 8.37. The molecule has 0 bridgehead atoms. The lowest BCUT2D eigenvalue weighted by Gasteiger charge is -2.10. The molecule has 0 saturated carbocycles. The third kappa shape index (κ3) is 3.52. The van der Waals surface area contributed by atoms with Crippen LogP contribution in [0.2, 0.25) is 0 Å². The summed E-state index contributed by atoms with van der Waals surface area (Å²) in [4.78, 5) is 8.31. The predicted molar refractivity (Wildman–Crippen MR) is 168 cm³/mol. The van der Waals surface area contributed by atoms with E-state index < -0.39 is 0 Å². The zero-order chi connectivity index (χ0) is 28.2. The zero-order valence-electron chi connectivity index (χ0n) is 22.2. The minimum atomic E-state index is 0.462. The maximum atomic E-state index is 9.87. The first-order valence-electron chi connectivity index (χ1n) is 13.6. The molecule has 0 N–H and O–H groups in total. The smallest absolute Gasteiger partial charge is 0.196 e. The number of fused-ring (bicyclic) bond motifs is 6. The van der Waals surface area contributed by atoms with Crippen molar-refractivity contribution in [1.29, 1.82) is 5.26 Å². The van der Waals surface area contributed by atoms with Crippen molar-refractivity contribution >= 4 is 49.4 Å². The fraction of sp³-hybridized carbons (Fsp3) is 0. The molecule has 0 radical (unpaired) electrons. The van der Waals surface area contributed by atoms with Gasteiger partial charge in [0, 0.05) is 50.1 Å². The molecule has 42 heavy (non-hydrogen) atoms. The predicted octanol–water partition coefficient (Wildman–Crippen LogP) is 9.83. The Morgan fingerprint density at radius 1 is 0.690 bits per heavy atom. The molecule has 0 amide bonds. The first kappa shape index (κ1) is 23.7. The van der Waals surface area contributed by atoms with Crippen molar-refractivity contribution in [2.45, 2.75) is 0 Å². The maximum absolute atomic E-state index is 9.87. The van der Waals surface area contributed by atoms with E-state index in [0.717, 1.165) is 66.3 Å². The van der Waals surface area contributed by atoms with E-state index in [4.69, 9.17) is 11.0 Å². The first-order valence-corrected chi connectivity index (χ1v) is 13.6. The largest absolute Gasteiger partial charge is 0.456 e. The van der Waals surface area contributed by atoms with Gasteiger partial charge in [0.1, 0.15) is 11.2 Å².